The molecule has 0 spiro atoms. The van der Waals surface area contributed by atoms with Gasteiger partial charge in [0.1, 0.15) is 5.75 Å². The normalized spacial score (nSPS) is 11.5. The van der Waals surface area contributed by atoms with Crippen molar-refractivity contribution in [1.82, 2.24) is 0 Å². The molecule has 0 amide bonds. The minimum Gasteiger partial charge on any atom is -0.494 e. The van der Waals surface area contributed by atoms with Crippen LogP contribution in [0.25, 0.3) is 0 Å². The molecule has 0 aliphatic carbocycles. The van der Waals surface area contributed by atoms with Crippen molar-refractivity contribution in [2.45, 2.75) is 39.7 Å². The second kappa shape index (κ2) is 5.61. The third kappa shape index (κ3) is 2.96. The van der Waals surface area contributed by atoms with Crippen LogP contribution in [0.4, 0.5) is 5.69 Å². The van der Waals surface area contributed by atoms with Crippen LogP contribution in [0.5, 0.6) is 5.75 Å². The summed E-state index contributed by atoms with van der Waals surface area (Å²) < 4.78 is 5.55. The fraction of sp³-hybridized carbons (Fsp3) is 0.600. The number of hydrogen-bond donors (Lipinski definition) is 1. The summed E-state index contributed by atoms with van der Waals surface area (Å²) in [4.78, 5) is 2.26. The van der Waals surface area contributed by atoms with Crippen LogP contribution in [0, 0.1) is 13.8 Å². The van der Waals surface area contributed by atoms with E-state index in [1.54, 1.807) is 7.11 Å². The number of nitrogens with zero attached hydrogens (tertiary/aromatic N) is 1. The summed E-state index contributed by atoms with van der Waals surface area (Å²) in [5, 5.41) is 0. The van der Waals surface area contributed by atoms with Gasteiger partial charge in [0.15, 0.2) is 0 Å². The maximum Gasteiger partial charge on any atom is 0.145 e. The number of aryl methyl sites for hydroxylation is 2. The Hall–Kier alpha value is -1.22. The van der Waals surface area contributed by atoms with Crippen molar-refractivity contribution in [2.75, 3.05) is 25.6 Å². The van der Waals surface area contributed by atoms with E-state index in [2.05, 4.69) is 51.8 Å². The van der Waals surface area contributed by atoms with Crippen molar-refractivity contribution in [3.05, 3.63) is 23.3 Å². The third-order valence-corrected chi connectivity index (χ3v) is 3.63. The Bertz CT molecular complexity index is 413. The zero-order valence-corrected chi connectivity index (χ0v) is 12.5. The summed E-state index contributed by atoms with van der Waals surface area (Å²) in [5.41, 5.74) is 9.27. The van der Waals surface area contributed by atoms with Crippen LogP contribution in [0.1, 0.15) is 31.4 Å². The van der Waals surface area contributed by atoms with E-state index >= 15 is 0 Å². The molecule has 102 valence electrons. The number of rotatable bonds is 5. The van der Waals surface area contributed by atoms with E-state index in [9.17, 15) is 0 Å². The molecule has 0 bridgehead atoms. The Labute approximate surface area is 111 Å². The second-order valence-corrected chi connectivity index (χ2v) is 5.54. The van der Waals surface area contributed by atoms with Gasteiger partial charge in [-0.05, 0) is 57.9 Å². The summed E-state index contributed by atoms with van der Waals surface area (Å²) in [6.45, 7) is 9.29. The van der Waals surface area contributed by atoms with Gasteiger partial charge in [0.25, 0.3) is 0 Å². The molecule has 0 atom stereocenters. The van der Waals surface area contributed by atoms with Crippen molar-refractivity contribution in [1.29, 1.82) is 0 Å². The Morgan fingerprint density at radius 3 is 2.39 bits per heavy atom. The molecule has 3 nitrogen and oxygen atoms in total. The van der Waals surface area contributed by atoms with E-state index in [-0.39, 0.29) is 5.54 Å². The molecule has 0 aliphatic heterocycles. The fourth-order valence-corrected chi connectivity index (χ4v) is 2.29. The highest BCUT2D eigenvalue weighted by Crippen LogP contribution is 2.36. The van der Waals surface area contributed by atoms with Crippen molar-refractivity contribution in [3.8, 4) is 5.75 Å². The molecule has 0 fully saturated rings. The first-order valence-corrected chi connectivity index (χ1v) is 6.42. The van der Waals surface area contributed by atoms with E-state index in [1.807, 2.05) is 0 Å². The third-order valence-electron chi connectivity index (χ3n) is 3.63. The van der Waals surface area contributed by atoms with Gasteiger partial charge in [-0.3, -0.25) is 0 Å². The highest BCUT2D eigenvalue weighted by Gasteiger charge is 2.25. The summed E-state index contributed by atoms with van der Waals surface area (Å²) >= 11 is 0. The van der Waals surface area contributed by atoms with Crippen molar-refractivity contribution < 1.29 is 4.74 Å². The maximum atomic E-state index is 5.70. The lowest BCUT2D eigenvalue weighted by molar-refractivity contribution is 0.401. The van der Waals surface area contributed by atoms with Crippen LogP contribution in [-0.4, -0.2) is 26.2 Å². The Morgan fingerprint density at radius 1 is 1.28 bits per heavy atom. The number of ether oxygens (including phenoxy) is 1. The number of nitrogens with two attached hydrogens (primary N) is 1. The highest BCUT2D eigenvalue weighted by atomic mass is 16.5. The van der Waals surface area contributed by atoms with Crippen molar-refractivity contribution >= 4 is 5.69 Å². The van der Waals surface area contributed by atoms with Crippen LogP contribution in [0.15, 0.2) is 12.1 Å². The minimum atomic E-state index is 0.0161. The van der Waals surface area contributed by atoms with E-state index in [0.717, 1.165) is 17.9 Å². The molecule has 0 unspecified atom stereocenters. The van der Waals surface area contributed by atoms with Gasteiger partial charge < -0.3 is 15.4 Å². The van der Waals surface area contributed by atoms with Crippen LogP contribution >= 0.6 is 0 Å². The van der Waals surface area contributed by atoms with E-state index in [0.29, 0.717) is 6.54 Å². The van der Waals surface area contributed by atoms with E-state index < -0.39 is 0 Å². The molecule has 18 heavy (non-hydrogen) atoms. The predicted octanol–water partition coefficient (Wildman–Crippen LogP) is 2.88. The van der Waals surface area contributed by atoms with Gasteiger partial charge in [-0.15, -0.1) is 0 Å². The lowest BCUT2D eigenvalue weighted by Gasteiger charge is -2.38. The van der Waals surface area contributed by atoms with E-state index in [1.165, 1.54) is 11.1 Å². The molecule has 2 N–H and O–H groups in total. The quantitative estimate of drug-likeness (QED) is 0.873. The van der Waals surface area contributed by atoms with Gasteiger partial charge in [0.2, 0.25) is 0 Å². The van der Waals surface area contributed by atoms with Gasteiger partial charge in [-0.25, -0.2) is 0 Å². The van der Waals surface area contributed by atoms with Gasteiger partial charge in [-0.1, -0.05) is 6.07 Å². The Morgan fingerprint density at radius 2 is 1.89 bits per heavy atom. The Kier molecular flexibility index (Phi) is 4.63. The summed E-state index contributed by atoms with van der Waals surface area (Å²) in [6, 6.07) is 4.32. The summed E-state index contributed by atoms with van der Waals surface area (Å²) in [5.74, 6) is 0.952. The number of methoxy groups -OCH3 is 1. The molecule has 0 saturated heterocycles. The molecule has 1 rings (SSSR count). The molecular formula is C15H26N2O. The van der Waals surface area contributed by atoms with Crippen molar-refractivity contribution in [3.63, 3.8) is 0 Å². The predicted molar refractivity (Wildman–Crippen MR) is 78.6 cm³/mol. The maximum absolute atomic E-state index is 5.70. The highest BCUT2D eigenvalue weighted by molar-refractivity contribution is 5.64. The molecule has 0 aromatic heterocycles. The molecular weight excluding hydrogens is 224 g/mol. The lowest BCUT2D eigenvalue weighted by Crippen LogP contribution is -2.43. The standard InChI is InChI=1S/C15H26N2O/c1-11-9-12(2)14(18-6)13(10-11)17(5)15(3,4)7-8-16/h9-10H,7-8,16H2,1-6H3. The van der Waals surface area contributed by atoms with Crippen LogP contribution in [-0.2, 0) is 0 Å². The van der Waals surface area contributed by atoms with E-state index in [4.69, 9.17) is 10.5 Å². The smallest absolute Gasteiger partial charge is 0.145 e. The van der Waals surface area contributed by atoms with Crippen LogP contribution in [0.3, 0.4) is 0 Å². The molecule has 0 radical (unpaired) electrons. The number of anilines is 1. The summed E-state index contributed by atoms with van der Waals surface area (Å²) in [7, 11) is 3.83. The average molecular weight is 250 g/mol. The molecule has 1 aromatic rings. The second-order valence-electron chi connectivity index (χ2n) is 5.54. The Balaban J connectivity index is 3.23. The molecule has 1 aromatic carbocycles. The lowest BCUT2D eigenvalue weighted by atomic mass is 9.97. The summed E-state index contributed by atoms with van der Waals surface area (Å²) in [6.07, 6.45) is 0.944. The molecule has 0 aliphatic rings. The zero-order chi connectivity index (χ0) is 13.9. The first-order valence-electron chi connectivity index (χ1n) is 6.42. The van der Waals surface area contributed by atoms with Gasteiger partial charge in [0.05, 0.1) is 12.8 Å². The zero-order valence-electron chi connectivity index (χ0n) is 12.5. The largest absolute Gasteiger partial charge is 0.494 e. The van der Waals surface area contributed by atoms with Gasteiger partial charge in [0, 0.05) is 12.6 Å². The fourth-order valence-electron chi connectivity index (χ4n) is 2.29. The SMILES string of the molecule is COc1c(C)cc(C)cc1N(C)C(C)(C)CCN. The number of hydrogen-bond acceptors (Lipinski definition) is 3. The van der Waals surface area contributed by atoms with Gasteiger partial charge >= 0.3 is 0 Å². The topological polar surface area (TPSA) is 38.5 Å². The monoisotopic (exact) mass is 250 g/mol. The molecule has 3 heteroatoms. The van der Waals surface area contributed by atoms with Crippen LogP contribution < -0.4 is 15.4 Å². The average Bonchev–Trinajstić information content (AvgIpc) is 2.27. The molecule has 0 saturated carbocycles. The first kappa shape index (κ1) is 14.8. The number of benzene rings is 1. The first-order chi connectivity index (χ1) is 8.33. The van der Waals surface area contributed by atoms with Crippen molar-refractivity contribution in [2.24, 2.45) is 5.73 Å². The minimum absolute atomic E-state index is 0.0161. The van der Waals surface area contributed by atoms with Gasteiger partial charge in [-0.2, -0.15) is 0 Å². The van der Waals surface area contributed by atoms with Crippen LogP contribution in [0.2, 0.25) is 0 Å². The molecule has 0 heterocycles.